The Kier molecular flexibility index (Phi) is 4.09. The summed E-state index contributed by atoms with van der Waals surface area (Å²) >= 11 is 3.28. The molecule has 1 N–H and O–H groups in total. The summed E-state index contributed by atoms with van der Waals surface area (Å²) < 4.78 is 0.659. The van der Waals surface area contributed by atoms with Crippen molar-refractivity contribution < 1.29 is 9.72 Å². The van der Waals surface area contributed by atoms with Crippen molar-refractivity contribution in [2.24, 2.45) is 0 Å². The third-order valence-electron chi connectivity index (χ3n) is 2.68. The summed E-state index contributed by atoms with van der Waals surface area (Å²) in [5.74, 6) is -0.338. The second kappa shape index (κ2) is 5.79. The number of hydrogen-bond donors (Lipinski definition) is 1. The van der Waals surface area contributed by atoms with Crippen LogP contribution in [0.4, 0.5) is 11.4 Å². The number of halogens is 1. The van der Waals surface area contributed by atoms with Gasteiger partial charge in [-0.3, -0.25) is 19.9 Å². The Morgan fingerprint density at radius 2 is 2.15 bits per heavy atom. The van der Waals surface area contributed by atoms with Crippen LogP contribution in [0.15, 0.2) is 41.1 Å². The smallest absolute Gasteiger partial charge is 0.272 e. The fourth-order valence-electron chi connectivity index (χ4n) is 1.67. The van der Waals surface area contributed by atoms with E-state index in [-0.39, 0.29) is 11.6 Å². The maximum atomic E-state index is 12.1. The zero-order valence-corrected chi connectivity index (χ0v) is 12.0. The minimum absolute atomic E-state index is 0.00774. The molecule has 0 aliphatic carbocycles. The number of aryl methyl sites for hydroxylation is 1. The Hall–Kier alpha value is -2.28. The van der Waals surface area contributed by atoms with Crippen molar-refractivity contribution in [1.29, 1.82) is 0 Å². The van der Waals surface area contributed by atoms with Gasteiger partial charge in [0.25, 0.3) is 11.6 Å². The molecule has 0 bridgehead atoms. The summed E-state index contributed by atoms with van der Waals surface area (Å²) in [6.07, 6.45) is 3.12. The third-order valence-corrected chi connectivity index (χ3v) is 3.31. The van der Waals surface area contributed by atoms with Crippen LogP contribution in [0, 0.1) is 17.0 Å². The number of nitro groups is 1. The van der Waals surface area contributed by atoms with Gasteiger partial charge in [-0.15, -0.1) is 0 Å². The van der Waals surface area contributed by atoms with Gasteiger partial charge in [-0.2, -0.15) is 0 Å². The van der Waals surface area contributed by atoms with Crippen LogP contribution in [0.25, 0.3) is 0 Å². The van der Waals surface area contributed by atoms with Crippen molar-refractivity contribution in [3.63, 3.8) is 0 Å². The molecular weight excluding hydrogens is 326 g/mol. The zero-order chi connectivity index (χ0) is 14.7. The van der Waals surface area contributed by atoms with Crippen LogP contribution in [-0.4, -0.2) is 15.8 Å². The molecule has 2 rings (SSSR count). The number of benzene rings is 1. The number of carbonyl (C=O) groups excluding carboxylic acids is 1. The molecule has 1 amide bonds. The van der Waals surface area contributed by atoms with Crippen molar-refractivity contribution in [2.45, 2.75) is 6.92 Å². The lowest BCUT2D eigenvalue weighted by Crippen LogP contribution is -2.12. The van der Waals surface area contributed by atoms with Crippen LogP contribution in [0.2, 0.25) is 0 Å². The van der Waals surface area contributed by atoms with Crippen LogP contribution in [-0.2, 0) is 0 Å². The molecule has 1 heterocycles. The Morgan fingerprint density at radius 1 is 1.40 bits per heavy atom. The molecule has 0 aliphatic heterocycles. The van der Waals surface area contributed by atoms with E-state index in [1.165, 1.54) is 18.2 Å². The number of pyridine rings is 1. The lowest BCUT2D eigenvalue weighted by molar-refractivity contribution is -0.385. The molecule has 20 heavy (non-hydrogen) atoms. The Bertz CT molecular complexity index is 688. The predicted molar refractivity (Wildman–Crippen MR) is 77.7 cm³/mol. The van der Waals surface area contributed by atoms with Gasteiger partial charge in [0.15, 0.2) is 0 Å². The molecule has 102 valence electrons. The summed E-state index contributed by atoms with van der Waals surface area (Å²) in [5.41, 5.74) is 1.38. The quantitative estimate of drug-likeness (QED) is 0.688. The van der Waals surface area contributed by atoms with E-state index in [4.69, 9.17) is 0 Å². The van der Waals surface area contributed by atoms with Gasteiger partial charge < -0.3 is 5.32 Å². The molecule has 0 atom stereocenters. The number of amides is 1. The van der Waals surface area contributed by atoms with E-state index in [1.807, 2.05) is 0 Å². The molecule has 0 saturated heterocycles. The second-order valence-electron chi connectivity index (χ2n) is 4.07. The average Bonchev–Trinajstić information content (AvgIpc) is 2.40. The number of anilines is 1. The molecule has 0 unspecified atom stereocenters. The standard InChI is InChI=1S/C13H10BrN3O3/c1-8-6-9(2-3-12(8)17(19)20)13(18)16-11-4-5-15-7-10(11)14/h2-7H,1H3,(H,15,16,18). The molecule has 6 nitrogen and oxygen atoms in total. The lowest BCUT2D eigenvalue weighted by atomic mass is 10.1. The van der Waals surface area contributed by atoms with Crippen molar-refractivity contribution >= 4 is 33.2 Å². The molecule has 1 aromatic carbocycles. The molecule has 0 radical (unpaired) electrons. The van der Waals surface area contributed by atoms with Gasteiger partial charge in [-0.05, 0) is 41.1 Å². The van der Waals surface area contributed by atoms with Crippen LogP contribution >= 0.6 is 15.9 Å². The number of rotatable bonds is 3. The zero-order valence-electron chi connectivity index (χ0n) is 10.5. The molecular formula is C13H10BrN3O3. The van der Waals surface area contributed by atoms with Gasteiger partial charge in [-0.25, -0.2) is 0 Å². The highest BCUT2D eigenvalue weighted by molar-refractivity contribution is 9.10. The second-order valence-corrected chi connectivity index (χ2v) is 4.92. The first-order valence-electron chi connectivity index (χ1n) is 5.65. The minimum atomic E-state index is -0.476. The number of nitrogens with one attached hydrogen (secondary N) is 1. The molecule has 1 aromatic heterocycles. The van der Waals surface area contributed by atoms with E-state index in [0.717, 1.165) is 0 Å². The molecule has 0 saturated carbocycles. The number of hydrogen-bond acceptors (Lipinski definition) is 4. The molecule has 0 aliphatic rings. The van der Waals surface area contributed by atoms with Gasteiger partial charge in [0.05, 0.1) is 15.1 Å². The number of nitro benzene ring substituents is 1. The summed E-state index contributed by atoms with van der Waals surface area (Å²) in [6, 6.07) is 5.89. The van der Waals surface area contributed by atoms with Gasteiger partial charge in [0.2, 0.25) is 0 Å². The van der Waals surface area contributed by atoms with Crippen LogP contribution in [0.5, 0.6) is 0 Å². The monoisotopic (exact) mass is 335 g/mol. The normalized spacial score (nSPS) is 10.1. The first-order chi connectivity index (χ1) is 9.49. The Labute approximate surface area is 123 Å². The molecule has 2 aromatic rings. The predicted octanol–water partition coefficient (Wildman–Crippen LogP) is 3.31. The first kappa shape index (κ1) is 14.1. The van der Waals surface area contributed by atoms with E-state index < -0.39 is 4.92 Å². The van der Waals surface area contributed by atoms with Crippen molar-refractivity contribution in [2.75, 3.05) is 5.32 Å². The summed E-state index contributed by atoms with van der Waals surface area (Å²) in [6.45, 7) is 1.59. The highest BCUT2D eigenvalue weighted by Gasteiger charge is 2.14. The van der Waals surface area contributed by atoms with E-state index in [1.54, 1.807) is 25.4 Å². The largest absolute Gasteiger partial charge is 0.321 e. The van der Waals surface area contributed by atoms with E-state index in [2.05, 4.69) is 26.2 Å². The fraction of sp³-hybridized carbons (Fsp3) is 0.0769. The van der Waals surface area contributed by atoms with E-state index in [0.29, 0.717) is 21.3 Å². The lowest BCUT2D eigenvalue weighted by Gasteiger charge is -2.07. The number of nitrogens with zero attached hydrogens (tertiary/aromatic N) is 2. The fourth-order valence-corrected chi connectivity index (χ4v) is 2.02. The number of aromatic nitrogens is 1. The van der Waals surface area contributed by atoms with Gasteiger partial charge in [0.1, 0.15) is 0 Å². The Morgan fingerprint density at radius 3 is 2.75 bits per heavy atom. The average molecular weight is 336 g/mol. The van der Waals surface area contributed by atoms with Crippen LogP contribution < -0.4 is 5.32 Å². The highest BCUT2D eigenvalue weighted by Crippen LogP contribution is 2.22. The summed E-state index contributed by atoms with van der Waals surface area (Å²) in [7, 11) is 0. The van der Waals surface area contributed by atoms with E-state index in [9.17, 15) is 14.9 Å². The van der Waals surface area contributed by atoms with Crippen molar-refractivity contribution in [3.05, 3.63) is 62.4 Å². The minimum Gasteiger partial charge on any atom is -0.321 e. The van der Waals surface area contributed by atoms with Crippen LogP contribution in [0.1, 0.15) is 15.9 Å². The van der Waals surface area contributed by atoms with Crippen molar-refractivity contribution in [3.8, 4) is 0 Å². The first-order valence-corrected chi connectivity index (χ1v) is 6.44. The summed E-state index contributed by atoms with van der Waals surface area (Å²) in [4.78, 5) is 26.2. The highest BCUT2D eigenvalue weighted by atomic mass is 79.9. The number of carbonyl (C=O) groups is 1. The van der Waals surface area contributed by atoms with Crippen LogP contribution in [0.3, 0.4) is 0 Å². The molecule has 0 spiro atoms. The SMILES string of the molecule is Cc1cc(C(=O)Nc2ccncc2Br)ccc1[N+](=O)[O-]. The van der Waals surface area contributed by atoms with Crippen molar-refractivity contribution in [1.82, 2.24) is 4.98 Å². The molecule has 0 fully saturated rings. The molecule has 7 heteroatoms. The van der Waals surface area contributed by atoms with Gasteiger partial charge >= 0.3 is 0 Å². The van der Waals surface area contributed by atoms with Gasteiger partial charge in [0, 0.05) is 29.6 Å². The maximum Gasteiger partial charge on any atom is 0.272 e. The topological polar surface area (TPSA) is 85.1 Å². The van der Waals surface area contributed by atoms with Gasteiger partial charge in [-0.1, -0.05) is 0 Å². The summed E-state index contributed by atoms with van der Waals surface area (Å²) in [5, 5.41) is 13.4. The maximum absolute atomic E-state index is 12.1. The van der Waals surface area contributed by atoms with E-state index >= 15 is 0 Å². The third kappa shape index (κ3) is 3.00. The Balaban J connectivity index is 2.24.